The topological polar surface area (TPSA) is 0 Å². The summed E-state index contributed by atoms with van der Waals surface area (Å²) in [6.45, 7) is 0. The van der Waals surface area contributed by atoms with Crippen molar-refractivity contribution in [3.8, 4) is 11.3 Å². The average molecular weight is 123 g/mol. The van der Waals surface area contributed by atoms with Gasteiger partial charge in [0.05, 0.1) is 0 Å². The van der Waals surface area contributed by atoms with Crippen LogP contribution in [0.15, 0.2) is 0 Å². The van der Waals surface area contributed by atoms with Gasteiger partial charge in [-0.1, -0.05) is 5.92 Å². The molecular formula is C4H4Cl2. The monoisotopic (exact) mass is 122 g/mol. The second-order valence-electron chi connectivity index (χ2n) is 0.710. The van der Waals surface area contributed by atoms with E-state index in [1.165, 1.54) is 0 Å². The van der Waals surface area contributed by atoms with E-state index in [9.17, 15) is 0 Å². The lowest BCUT2D eigenvalue weighted by Gasteiger charge is -1.68. The van der Waals surface area contributed by atoms with Gasteiger partial charge in [0.15, 0.2) is 0 Å². The van der Waals surface area contributed by atoms with Gasteiger partial charge in [-0.3, -0.25) is 0 Å². The van der Waals surface area contributed by atoms with Crippen LogP contribution in [0.5, 0.6) is 0 Å². The molecule has 34 valence electrons. The van der Waals surface area contributed by atoms with E-state index in [0.29, 0.717) is 12.3 Å². The average Bonchev–Trinajstić information content (AvgIpc) is 1.61. The Balaban J connectivity index is 2.79. The smallest absolute Gasteiger partial charge is 0.0333 e. The van der Waals surface area contributed by atoms with Crippen molar-refractivity contribution >= 4 is 23.2 Å². The summed E-state index contributed by atoms with van der Waals surface area (Å²) in [7, 11) is 0. The van der Waals surface area contributed by atoms with Crippen molar-refractivity contribution in [2.45, 2.75) is 6.42 Å². The molecule has 0 nitrogen and oxygen atoms in total. The van der Waals surface area contributed by atoms with Gasteiger partial charge in [0.25, 0.3) is 0 Å². The summed E-state index contributed by atoms with van der Waals surface area (Å²) in [5.41, 5.74) is 0. The Kier molecular flexibility index (Phi) is 5.26. The maximum absolute atomic E-state index is 5.22. The molecule has 0 bridgehead atoms. The summed E-state index contributed by atoms with van der Waals surface area (Å²) in [4.78, 5) is 0. The first-order valence-corrected chi connectivity index (χ1v) is 2.47. The maximum Gasteiger partial charge on any atom is 0.0333 e. The van der Waals surface area contributed by atoms with E-state index in [1.807, 2.05) is 0 Å². The molecule has 0 aromatic rings. The van der Waals surface area contributed by atoms with Crippen molar-refractivity contribution < 1.29 is 0 Å². The molecular weight excluding hydrogens is 119 g/mol. The molecule has 0 aliphatic carbocycles. The van der Waals surface area contributed by atoms with Gasteiger partial charge >= 0.3 is 0 Å². The predicted octanol–water partition coefficient (Wildman–Crippen LogP) is 1.81. The lowest BCUT2D eigenvalue weighted by atomic mass is 10.5. The molecule has 0 atom stereocenters. The summed E-state index contributed by atoms with van der Waals surface area (Å²) in [5.74, 6) is 3.15. The first-order valence-electron chi connectivity index (χ1n) is 1.56. The van der Waals surface area contributed by atoms with Crippen molar-refractivity contribution in [3.63, 3.8) is 0 Å². The summed E-state index contributed by atoms with van der Waals surface area (Å²) in [5, 5.41) is 2.21. The number of hydrogen-bond acceptors (Lipinski definition) is 0. The maximum atomic E-state index is 5.22. The SMILES string of the molecule is ClC#CCCCl. The van der Waals surface area contributed by atoms with E-state index in [-0.39, 0.29) is 0 Å². The molecule has 0 heterocycles. The molecule has 0 saturated heterocycles. The highest BCUT2D eigenvalue weighted by Gasteiger charge is 1.66. The normalized spacial score (nSPS) is 6.33. The standard InChI is InChI=1S/C4H4Cl2/c5-3-1-2-4-6/h1,3H2. The Bertz CT molecular complexity index is 67.4. The summed E-state index contributed by atoms with van der Waals surface area (Å²) < 4.78 is 0. The van der Waals surface area contributed by atoms with Crippen molar-refractivity contribution in [2.75, 3.05) is 5.88 Å². The minimum absolute atomic E-state index is 0.569. The van der Waals surface area contributed by atoms with Gasteiger partial charge < -0.3 is 0 Å². The molecule has 0 aliphatic rings. The molecule has 0 radical (unpaired) electrons. The van der Waals surface area contributed by atoms with Crippen molar-refractivity contribution in [1.82, 2.24) is 0 Å². The first-order chi connectivity index (χ1) is 2.91. The van der Waals surface area contributed by atoms with Crippen molar-refractivity contribution in [3.05, 3.63) is 0 Å². The Labute approximate surface area is 47.4 Å². The van der Waals surface area contributed by atoms with Crippen molar-refractivity contribution in [1.29, 1.82) is 0 Å². The highest BCUT2D eigenvalue weighted by molar-refractivity contribution is 6.30. The van der Waals surface area contributed by atoms with Crippen LogP contribution >= 0.6 is 23.2 Å². The third kappa shape index (κ3) is 4.14. The van der Waals surface area contributed by atoms with Crippen LogP contribution in [0.1, 0.15) is 6.42 Å². The third-order valence-electron chi connectivity index (χ3n) is 0.286. The minimum Gasteiger partial charge on any atom is -0.126 e. The van der Waals surface area contributed by atoms with Gasteiger partial charge in [-0.15, -0.1) is 11.6 Å². The number of rotatable bonds is 1. The molecule has 0 unspecified atom stereocenters. The summed E-state index contributed by atoms with van der Waals surface area (Å²) >= 11 is 10.2. The van der Waals surface area contributed by atoms with E-state index in [1.54, 1.807) is 0 Å². The molecule has 6 heavy (non-hydrogen) atoms. The Morgan fingerprint density at radius 3 is 2.33 bits per heavy atom. The van der Waals surface area contributed by atoms with Crippen LogP contribution in [0, 0.1) is 11.3 Å². The quantitative estimate of drug-likeness (QED) is 0.368. The molecule has 0 saturated carbocycles. The van der Waals surface area contributed by atoms with Gasteiger partial charge in [-0.25, -0.2) is 0 Å². The third-order valence-corrected chi connectivity index (χ3v) is 0.609. The second-order valence-corrected chi connectivity index (χ2v) is 1.28. The van der Waals surface area contributed by atoms with Crippen LogP contribution in [-0.2, 0) is 0 Å². The van der Waals surface area contributed by atoms with Gasteiger partial charge in [0.1, 0.15) is 0 Å². The number of hydrogen-bond donors (Lipinski definition) is 0. The largest absolute Gasteiger partial charge is 0.126 e. The molecule has 0 aromatic heterocycles. The lowest BCUT2D eigenvalue weighted by Crippen LogP contribution is -1.62. The van der Waals surface area contributed by atoms with Crippen LogP contribution in [0.4, 0.5) is 0 Å². The second kappa shape index (κ2) is 5.14. The summed E-state index contributed by atoms with van der Waals surface area (Å²) in [6, 6.07) is 0. The predicted molar refractivity (Wildman–Crippen MR) is 29.0 cm³/mol. The van der Waals surface area contributed by atoms with Crippen LogP contribution in [-0.4, -0.2) is 5.88 Å². The zero-order valence-electron chi connectivity index (χ0n) is 3.17. The Morgan fingerprint density at radius 2 is 2.17 bits per heavy atom. The highest BCUT2D eigenvalue weighted by atomic mass is 35.5. The zero-order chi connectivity index (χ0) is 4.83. The number of alkyl halides is 1. The van der Waals surface area contributed by atoms with Gasteiger partial charge in [0, 0.05) is 17.7 Å². The van der Waals surface area contributed by atoms with E-state index >= 15 is 0 Å². The highest BCUT2D eigenvalue weighted by Crippen LogP contribution is 1.79. The van der Waals surface area contributed by atoms with E-state index in [2.05, 4.69) is 11.3 Å². The molecule has 0 fully saturated rings. The van der Waals surface area contributed by atoms with E-state index in [4.69, 9.17) is 23.2 Å². The van der Waals surface area contributed by atoms with Crippen LogP contribution in [0.3, 0.4) is 0 Å². The molecule has 0 amide bonds. The van der Waals surface area contributed by atoms with E-state index < -0.39 is 0 Å². The Hall–Kier alpha value is 0.140. The zero-order valence-corrected chi connectivity index (χ0v) is 4.68. The molecule has 2 heteroatoms. The first kappa shape index (κ1) is 6.14. The van der Waals surface area contributed by atoms with Crippen molar-refractivity contribution in [2.24, 2.45) is 0 Å². The molecule has 0 N–H and O–H groups in total. The molecule has 0 aliphatic heterocycles. The summed E-state index contributed by atoms with van der Waals surface area (Å²) in [6.07, 6.45) is 0.686. The van der Waals surface area contributed by atoms with Gasteiger partial charge in [-0.2, -0.15) is 0 Å². The minimum atomic E-state index is 0.569. The fraction of sp³-hybridized carbons (Fsp3) is 0.500. The van der Waals surface area contributed by atoms with Crippen LogP contribution in [0.25, 0.3) is 0 Å². The van der Waals surface area contributed by atoms with E-state index in [0.717, 1.165) is 0 Å². The fourth-order valence-corrected chi connectivity index (χ4v) is 0.283. The lowest BCUT2D eigenvalue weighted by molar-refractivity contribution is 1.29. The molecule has 0 spiro atoms. The van der Waals surface area contributed by atoms with Gasteiger partial charge in [0.2, 0.25) is 0 Å². The van der Waals surface area contributed by atoms with Gasteiger partial charge in [-0.05, 0) is 11.6 Å². The number of halogens is 2. The Morgan fingerprint density at radius 1 is 1.50 bits per heavy atom. The fourth-order valence-electron chi connectivity index (χ4n) is 0.0945. The van der Waals surface area contributed by atoms with Crippen LogP contribution < -0.4 is 0 Å². The molecule has 0 aromatic carbocycles. The van der Waals surface area contributed by atoms with Crippen LogP contribution in [0.2, 0.25) is 0 Å². The molecule has 0 rings (SSSR count).